The third-order valence-corrected chi connectivity index (χ3v) is 11.1. The quantitative estimate of drug-likeness (QED) is 0.216. The molecular weight excluding hydrogens is 657 g/mol. The van der Waals surface area contributed by atoms with E-state index in [1.165, 1.54) is 6.07 Å². The van der Waals surface area contributed by atoms with E-state index in [1.54, 1.807) is 18.7 Å². The number of hydrogen-bond donors (Lipinski definition) is 2. The number of piperidine rings is 3. The maximum atomic E-state index is 15.3. The van der Waals surface area contributed by atoms with Crippen molar-refractivity contribution in [1.29, 1.82) is 0 Å². The van der Waals surface area contributed by atoms with Crippen LogP contribution in [-0.2, 0) is 23.2 Å². The van der Waals surface area contributed by atoms with E-state index in [0.717, 1.165) is 85.3 Å². The number of nitrogens with one attached hydrogen (secondary N) is 2. The van der Waals surface area contributed by atoms with E-state index in [9.17, 15) is 14.4 Å². The SMILES string of the molecule is COc1cc(-c2cn(C)c(=O)c3ccccc23)cc(Cl)c1CN1CCC(N2CCC(c3ccc(NC4CCC(=O)NC4=O)cc3F)CC2)CC1. The number of nitrogens with zero attached hydrogens (tertiary/aromatic N) is 3. The Kier molecular flexibility index (Phi) is 9.95. The number of aryl methyl sites for hydroxylation is 1. The molecule has 1 unspecified atom stereocenters. The molecule has 0 aliphatic carbocycles. The molecule has 4 heterocycles. The van der Waals surface area contributed by atoms with Gasteiger partial charge >= 0.3 is 0 Å². The summed E-state index contributed by atoms with van der Waals surface area (Å²) in [5.74, 6) is 0.00993. The van der Waals surface area contributed by atoms with Crippen LogP contribution in [0.25, 0.3) is 21.9 Å². The number of amides is 2. The second-order valence-corrected chi connectivity index (χ2v) is 14.3. The number of carbonyl (C=O) groups excluding carboxylic acids is 2. The van der Waals surface area contributed by atoms with Gasteiger partial charge in [0.1, 0.15) is 17.6 Å². The number of fused-ring (bicyclic) bond motifs is 1. The lowest BCUT2D eigenvalue weighted by atomic mass is 9.87. The van der Waals surface area contributed by atoms with Gasteiger partial charge in [-0.25, -0.2) is 4.39 Å². The number of likely N-dealkylation sites (tertiary alicyclic amines) is 2. The van der Waals surface area contributed by atoms with Crippen molar-refractivity contribution < 1.29 is 18.7 Å². The summed E-state index contributed by atoms with van der Waals surface area (Å²) in [5, 5.41) is 7.61. The molecule has 7 rings (SSSR count). The smallest absolute Gasteiger partial charge is 0.258 e. The fraction of sp³-hybridized carbons (Fsp3) is 0.410. The molecule has 0 spiro atoms. The molecule has 1 aromatic heterocycles. The van der Waals surface area contributed by atoms with Crippen LogP contribution in [0.4, 0.5) is 10.1 Å². The molecule has 50 heavy (non-hydrogen) atoms. The minimum Gasteiger partial charge on any atom is -0.496 e. The van der Waals surface area contributed by atoms with E-state index >= 15 is 4.39 Å². The second-order valence-electron chi connectivity index (χ2n) is 13.8. The Labute approximate surface area is 296 Å². The number of ether oxygens (including phenoxy) is 1. The first kappa shape index (κ1) is 34.2. The molecule has 3 aromatic carbocycles. The molecule has 11 heteroatoms. The number of pyridine rings is 1. The lowest BCUT2D eigenvalue weighted by Gasteiger charge is -2.42. The number of hydrogen-bond acceptors (Lipinski definition) is 7. The van der Waals surface area contributed by atoms with Crippen LogP contribution in [0.2, 0.25) is 5.02 Å². The summed E-state index contributed by atoms with van der Waals surface area (Å²) in [4.78, 5) is 41.3. The summed E-state index contributed by atoms with van der Waals surface area (Å²) in [7, 11) is 3.44. The zero-order chi connectivity index (χ0) is 34.9. The van der Waals surface area contributed by atoms with Gasteiger partial charge < -0.3 is 19.5 Å². The summed E-state index contributed by atoms with van der Waals surface area (Å²) >= 11 is 6.95. The predicted molar refractivity (Wildman–Crippen MR) is 194 cm³/mol. The van der Waals surface area contributed by atoms with Gasteiger partial charge in [-0.1, -0.05) is 35.9 Å². The molecule has 262 valence electrons. The maximum absolute atomic E-state index is 15.3. The van der Waals surface area contributed by atoms with Crippen molar-refractivity contribution in [2.24, 2.45) is 7.05 Å². The number of imide groups is 1. The van der Waals surface area contributed by atoms with Crippen molar-refractivity contribution in [3.05, 3.63) is 93.1 Å². The third kappa shape index (κ3) is 7.02. The number of halogens is 2. The Bertz CT molecular complexity index is 1980. The van der Waals surface area contributed by atoms with Crippen molar-refractivity contribution >= 4 is 39.9 Å². The van der Waals surface area contributed by atoms with Gasteiger partial charge in [0.05, 0.1) is 7.11 Å². The minimum atomic E-state index is -0.536. The number of rotatable bonds is 8. The first-order chi connectivity index (χ1) is 24.2. The highest BCUT2D eigenvalue weighted by molar-refractivity contribution is 6.32. The van der Waals surface area contributed by atoms with Crippen molar-refractivity contribution in [3.63, 3.8) is 0 Å². The fourth-order valence-corrected chi connectivity index (χ4v) is 8.24. The molecule has 2 N–H and O–H groups in total. The topological polar surface area (TPSA) is 95.9 Å². The Hall–Kier alpha value is -4.25. The van der Waals surface area contributed by atoms with Crippen molar-refractivity contribution in [3.8, 4) is 16.9 Å². The number of methoxy groups -OCH3 is 1. The maximum Gasteiger partial charge on any atom is 0.258 e. The number of aromatic nitrogens is 1. The highest BCUT2D eigenvalue weighted by Gasteiger charge is 2.31. The van der Waals surface area contributed by atoms with Crippen molar-refractivity contribution in [1.82, 2.24) is 19.7 Å². The number of anilines is 1. The Morgan fingerprint density at radius 1 is 0.940 bits per heavy atom. The third-order valence-electron chi connectivity index (χ3n) is 10.8. The summed E-state index contributed by atoms with van der Waals surface area (Å²) in [6.45, 7) is 4.47. The van der Waals surface area contributed by atoms with Crippen LogP contribution >= 0.6 is 11.6 Å². The van der Waals surface area contributed by atoms with E-state index in [1.807, 2.05) is 54.7 Å². The molecule has 2 amide bonds. The largest absolute Gasteiger partial charge is 0.496 e. The molecular formula is C39H43ClFN5O4. The molecule has 0 radical (unpaired) electrons. The van der Waals surface area contributed by atoms with Gasteiger partial charge in [0.2, 0.25) is 11.8 Å². The summed E-state index contributed by atoms with van der Waals surface area (Å²) in [6.07, 6.45) is 6.46. The van der Waals surface area contributed by atoms with Gasteiger partial charge in [0.25, 0.3) is 5.56 Å². The van der Waals surface area contributed by atoms with E-state index in [4.69, 9.17) is 16.3 Å². The molecule has 1 atom stereocenters. The predicted octanol–water partition coefficient (Wildman–Crippen LogP) is 6.07. The summed E-state index contributed by atoms with van der Waals surface area (Å²) in [5.41, 5.74) is 4.05. The monoisotopic (exact) mass is 699 g/mol. The summed E-state index contributed by atoms with van der Waals surface area (Å²) in [6, 6.07) is 16.8. The van der Waals surface area contributed by atoms with Crippen LogP contribution < -0.4 is 20.9 Å². The molecule has 4 aromatic rings. The van der Waals surface area contributed by atoms with Gasteiger partial charge in [-0.2, -0.15) is 0 Å². The van der Waals surface area contributed by atoms with Crippen molar-refractivity contribution in [2.75, 3.05) is 38.6 Å². The Balaban J connectivity index is 0.942. The first-order valence-electron chi connectivity index (χ1n) is 17.5. The Morgan fingerprint density at radius 2 is 1.68 bits per heavy atom. The van der Waals surface area contributed by atoms with Gasteiger partial charge in [0.15, 0.2) is 0 Å². The zero-order valence-electron chi connectivity index (χ0n) is 28.5. The number of benzene rings is 3. The molecule has 0 bridgehead atoms. The molecule has 3 aliphatic rings. The highest BCUT2D eigenvalue weighted by Crippen LogP contribution is 2.38. The average molecular weight is 700 g/mol. The van der Waals surface area contributed by atoms with Crippen LogP contribution in [0.3, 0.4) is 0 Å². The van der Waals surface area contributed by atoms with Gasteiger partial charge in [0, 0.05) is 59.5 Å². The first-order valence-corrected chi connectivity index (χ1v) is 17.9. The standard InChI is InChI=1S/C39H43ClFN5O4/c1-44-22-31(29-5-3-4-6-30(29)39(44)49)25-19-33(40)32(36(20-25)50-2)23-45-15-13-27(14-16-45)46-17-11-24(12-18-46)28-8-7-26(21-34(28)41)42-35-9-10-37(47)43-38(35)48/h3-8,19-22,24,27,35,42H,9-18,23H2,1-2H3,(H,43,47,48). The zero-order valence-corrected chi connectivity index (χ0v) is 29.3. The molecule has 0 saturated carbocycles. The fourth-order valence-electron chi connectivity index (χ4n) is 7.97. The van der Waals surface area contributed by atoms with Gasteiger partial charge in [-0.15, -0.1) is 0 Å². The molecule has 3 saturated heterocycles. The van der Waals surface area contributed by atoms with E-state index in [0.29, 0.717) is 35.1 Å². The van der Waals surface area contributed by atoms with Crippen LogP contribution in [0.5, 0.6) is 5.75 Å². The lowest BCUT2D eigenvalue weighted by molar-refractivity contribution is -0.133. The molecule has 3 aliphatic heterocycles. The van der Waals surface area contributed by atoms with E-state index in [-0.39, 0.29) is 35.5 Å². The second kappa shape index (κ2) is 14.5. The lowest BCUT2D eigenvalue weighted by Crippen LogP contribution is -2.47. The van der Waals surface area contributed by atoms with Crippen LogP contribution in [0.1, 0.15) is 55.6 Å². The van der Waals surface area contributed by atoms with Crippen LogP contribution in [-0.4, -0.2) is 71.6 Å². The van der Waals surface area contributed by atoms with E-state index in [2.05, 4.69) is 20.4 Å². The van der Waals surface area contributed by atoms with Gasteiger partial charge in [-0.3, -0.25) is 24.6 Å². The molecule has 9 nitrogen and oxygen atoms in total. The van der Waals surface area contributed by atoms with E-state index < -0.39 is 6.04 Å². The Morgan fingerprint density at radius 3 is 2.38 bits per heavy atom. The van der Waals surface area contributed by atoms with Gasteiger partial charge in [-0.05, 0) is 111 Å². The van der Waals surface area contributed by atoms with Crippen molar-refractivity contribution in [2.45, 2.75) is 63.1 Å². The normalized spacial score (nSPS) is 19.9. The average Bonchev–Trinajstić information content (AvgIpc) is 3.12. The minimum absolute atomic E-state index is 0.0337. The summed E-state index contributed by atoms with van der Waals surface area (Å²) < 4.78 is 22.7. The van der Waals surface area contributed by atoms with Crippen LogP contribution in [0, 0.1) is 5.82 Å². The highest BCUT2D eigenvalue weighted by atomic mass is 35.5. The van der Waals surface area contributed by atoms with Crippen LogP contribution in [0.15, 0.2) is 65.6 Å². The molecule has 3 fully saturated rings. The number of carbonyl (C=O) groups is 2.